The second-order valence-electron chi connectivity index (χ2n) is 8.79. The molecule has 0 saturated carbocycles. The molecule has 1 aliphatic heterocycles. The largest absolute Gasteiger partial charge is 0.483 e. The molecule has 1 fully saturated rings. The van der Waals surface area contributed by atoms with Crippen molar-refractivity contribution in [3.8, 4) is 5.75 Å². The summed E-state index contributed by atoms with van der Waals surface area (Å²) in [7, 11) is 0. The molecule has 0 spiro atoms. The predicted octanol–water partition coefficient (Wildman–Crippen LogP) is 7.87. The van der Waals surface area contributed by atoms with E-state index in [1.807, 2.05) is 24.3 Å². The van der Waals surface area contributed by atoms with Crippen LogP contribution in [0.5, 0.6) is 5.75 Å². The van der Waals surface area contributed by atoms with Crippen LogP contribution in [-0.4, -0.2) is 34.7 Å². The summed E-state index contributed by atoms with van der Waals surface area (Å²) in [6, 6.07) is 22.8. The number of furan rings is 1. The minimum atomic E-state index is -0.361. The number of amides is 2. The van der Waals surface area contributed by atoms with Gasteiger partial charge < -0.3 is 14.5 Å². The Bertz CT molecular complexity index is 1670. The molecule has 4 aromatic rings. The van der Waals surface area contributed by atoms with E-state index < -0.39 is 0 Å². The molecule has 1 aliphatic rings. The zero-order valence-electron chi connectivity index (χ0n) is 21.7. The van der Waals surface area contributed by atoms with Crippen molar-refractivity contribution in [3.63, 3.8) is 0 Å². The molecule has 0 bridgehead atoms. The number of thioether (sulfide) groups is 1. The van der Waals surface area contributed by atoms with Gasteiger partial charge in [-0.2, -0.15) is 5.10 Å². The molecule has 1 aromatic heterocycles. The Kier molecular flexibility index (Phi) is 9.81. The van der Waals surface area contributed by atoms with E-state index in [1.54, 1.807) is 73.2 Å². The van der Waals surface area contributed by atoms with Gasteiger partial charge in [0.25, 0.3) is 11.8 Å². The number of amidine groups is 1. The van der Waals surface area contributed by atoms with E-state index in [9.17, 15) is 9.59 Å². The number of hydrogen-bond acceptors (Lipinski definition) is 7. The Hall–Kier alpha value is -3.83. The molecular formula is C30H21BrCl2N4O4S. The number of anilines is 1. The van der Waals surface area contributed by atoms with Crippen LogP contribution in [-0.2, 0) is 16.1 Å². The van der Waals surface area contributed by atoms with Crippen molar-refractivity contribution in [1.82, 2.24) is 4.90 Å². The van der Waals surface area contributed by atoms with E-state index >= 15 is 0 Å². The number of carbonyl (C=O) groups is 2. The fraction of sp³-hybridized carbons (Fsp3) is 0.0667. The molecule has 3 aromatic carbocycles. The number of halogens is 3. The van der Waals surface area contributed by atoms with Crippen molar-refractivity contribution in [2.45, 2.75) is 6.54 Å². The van der Waals surface area contributed by atoms with Gasteiger partial charge in [-0.3, -0.25) is 14.5 Å². The van der Waals surface area contributed by atoms with Crippen LogP contribution in [0.15, 0.2) is 109 Å². The van der Waals surface area contributed by atoms with Crippen molar-refractivity contribution < 1.29 is 18.7 Å². The van der Waals surface area contributed by atoms with Crippen LogP contribution in [0.25, 0.3) is 6.08 Å². The maximum atomic E-state index is 13.5. The standard InChI is InChI=1S/C30H21BrCl2N4O4S/c31-21-5-3-19(4-6-21)16-34-36-30-37(17-25-2-1-13-40-25)29(39)27(42-30)15-20-14-23(33)9-12-26(20)41-18-28(38)35-24-10-7-22(32)8-11-24/h1-16H,17-18H2,(H,35,38)/b27-15-,34-16-,36-30+. The lowest BCUT2D eigenvalue weighted by atomic mass is 10.2. The number of rotatable bonds is 9. The van der Waals surface area contributed by atoms with Gasteiger partial charge in [0.15, 0.2) is 11.8 Å². The average molecular weight is 684 g/mol. The summed E-state index contributed by atoms with van der Waals surface area (Å²) in [5, 5.41) is 12.7. The number of carbonyl (C=O) groups excluding carboxylic acids is 2. The SMILES string of the molecule is O=C(COc1ccc(Cl)cc1/C=C1\S/C(=N/N=C\c2ccc(Br)cc2)N(Cc2ccco2)C1=O)Nc1ccc(Cl)cc1. The maximum absolute atomic E-state index is 13.5. The first-order valence-electron chi connectivity index (χ1n) is 12.4. The van der Waals surface area contributed by atoms with E-state index in [0.717, 1.165) is 21.8 Å². The van der Waals surface area contributed by atoms with Gasteiger partial charge in [-0.15, -0.1) is 5.10 Å². The minimum Gasteiger partial charge on any atom is -0.483 e. The second-order valence-corrected chi connectivity index (χ2v) is 11.6. The average Bonchev–Trinajstić information content (AvgIpc) is 3.59. The van der Waals surface area contributed by atoms with Gasteiger partial charge in [0.1, 0.15) is 11.5 Å². The lowest BCUT2D eigenvalue weighted by Crippen LogP contribution is -2.28. The summed E-state index contributed by atoms with van der Waals surface area (Å²) in [6.07, 6.45) is 4.80. The van der Waals surface area contributed by atoms with E-state index in [-0.39, 0.29) is 25.0 Å². The Morgan fingerprint density at radius 2 is 1.81 bits per heavy atom. The third-order valence-corrected chi connectivity index (χ3v) is 7.76. The normalized spacial score (nSPS) is 15.2. The van der Waals surface area contributed by atoms with E-state index in [1.165, 1.54) is 4.90 Å². The van der Waals surface area contributed by atoms with Crippen molar-refractivity contribution in [1.29, 1.82) is 0 Å². The van der Waals surface area contributed by atoms with Crippen LogP contribution < -0.4 is 10.1 Å². The summed E-state index contributed by atoms with van der Waals surface area (Å²) in [4.78, 5) is 27.9. The van der Waals surface area contributed by atoms with Crippen LogP contribution >= 0.6 is 50.9 Å². The molecule has 12 heteroatoms. The first kappa shape index (κ1) is 29.7. The smallest absolute Gasteiger partial charge is 0.267 e. The van der Waals surface area contributed by atoms with Crippen LogP contribution in [0.2, 0.25) is 10.0 Å². The Labute approximate surface area is 264 Å². The van der Waals surface area contributed by atoms with Crippen molar-refractivity contribution in [2.75, 3.05) is 11.9 Å². The van der Waals surface area contributed by atoms with E-state index in [2.05, 4.69) is 31.4 Å². The fourth-order valence-corrected chi connectivity index (χ4v) is 5.25. The minimum absolute atomic E-state index is 0.173. The molecule has 0 radical (unpaired) electrons. The van der Waals surface area contributed by atoms with Crippen molar-refractivity contribution in [3.05, 3.63) is 121 Å². The number of nitrogens with one attached hydrogen (secondary N) is 1. The molecule has 1 saturated heterocycles. The zero-order chi connectivity index (χ0) is 29.5. The lowest BCUT2D eigenvalue weighted by molar-refractivity contribution is -0.122. The molecule has 2 amide bonds. The van der Waals surface area contributed by atoms with Gasteiger partial charge in [-0.05, 0) is 90.1 Å². The first-order valence-corrected chi connectivity index (χ1v) is 14.8. The van der Waals surface area contributed by atoms with Crippen molar-refractivity contribution >= 4 is 85.9 Å². The molecular weight excluding hydrogens is 663 g/mol. The highest BCUT2D eigenvalue weighted by atomic mass is 79.9. The van der Waals surface area contributed by atoms with Gasteiger partial charge in [0.05, 0.1) is 23.9 Å². The van der Waals surface area contributed by atoms with Crippen LogP contribution in [0.4, 0.5) is 5.69 Å². The molecule has 8 nitrogen and oxygen atoms in total. The molecule has 0 aliphatic carbocycles. The highest BCUT2D eigenvalue weighted by molar-refractivity contribution is 9.10. The topological polar surface area (TPSA) is 96.5 Å². The molecule has 1 N–H and O–H groups in total. The summed E-state index contributed by atoms with van der Waals surface area (Å²) in [5.74, 6) is 0.316. The number of hydrogen-bond donors (Lipinski definition) is 1. The summed E-state index contributed by atoms with van der Waals surface area (Å²) < 4.78 is 12.2. The van der Waals surface area contributed by atoms with Gasteiger partial charge >= 0.3 is 0 Å². The molecule has 2 heterocycles. The summed E-state index contributed by atoms with van der Waals surface area (Å²) in [6.45, 7) is -0.0871. The van der Waals surface area contributed by atoms with E-state index in [0.29, 0.717) is 42.9 Å². The fourth-order valence-electron chi connectivity index (χ4n) is 3.75. The maximum Gasteiger partial charge on any atom is 0.267 e. The molecule has 5 rings (SSSR count). The number of nitrogens with zero attached hydrogens (tertiary/aromatic N) is 3. The highest BCUT2D eigenvalue weighted by Crippen LogP contribution is 2.36. The number of benzene rings is 3. The first-order chi connectivity index (χ1) is 20.3. The Morgan fingerprint density at radius 1 is 1.05 bits per heavy atom. The summed E-state index contributed by atoms with van der Waals surface area (Å²) in [5.41, 5.74) is 1.96. The van der Waals surface area contributed by atoms with Crippen LogP contribution in [0, 0.1) is 0 Å². The predicted molar refractivity (Wildman–Crippen MR) is 171 cm³/mol. The zero-order valence-corrected chi connectivity index (χ0v) is 25.6. The quantitative estimate of drug-likeness (QED) is 0.110. The molecule has 42 heavy (non-hydrogen) atoms. The van der Waals surface area contributed by atoms with Gasteiger partial charge in [-0.1, -0.05) is 51.3 Å². The Balaban J connectivity index is 1.36. The molecule has 0 unspecified atom stereocenters. The van der Waals surface area contributed by atoms with Gasteiger partial charge in [-0.25, -0.2) is 0 Å². The van der Waals surface area contributed by atoms with Gasteiger partial charge in [0, 0.05) is 25.8 Å². The highest BCUT2D eigenvalue weighted by Gasteiger charge is 2.34. The summed E-state index contributed by atoms with van der Waals surface area (Å²) >= 11 is 16.7. The van der Waals surface area contributed by atoms with Crippen LogP contribution in [0.3, 0.4) is 0 Å². The lowest BCUT2D eigenvalue weighted by Gasteiger charge is -2.13. The number of ether oxygens (including phenoxy) is 1. The van der Waals surface area contributed by atoms with Crippen LogP contribution in [0.1, 0.15) is 16.9 Å². The van der Waals surface area contributed by atoms with E-state index in [4.69, 9.17) is 32.4 Å². The molecule has 0 atom stereocenters. The monoisotopic (exact) mass is 682 g/mol. The second kappa shape index (κ2) is 13.9. The van der Waals surface area contributed by atoms with Gasteiger partial charge in [0.2, 0.25) is 0 Å². The third kappa shape index (κ3) is 7.92. The third-order valence-electron chi connectivity index (χ3n) is 5.75. The molecule has 212 valence electrons. The Morgan fingerprint density at radius 3 is 2.55 bits per heavy atom. The van der Waals surface area contributed by atoms with Crippen molar-refractivity contribution in [2.24, 2.45) is 10.2 Å².